The highest BCUT2D eigenvalue weighted by molar-refractivity contribution is 5.37. The summed E-state index contributed by atoms with van der Waals surface area (Å²) in [5.74, 6) is -5.08. The number of alkyl halides is 3. The van der Waals surface area contributed by atoms with E-state index in [-0.39, 0.29) is 4.68 Å². The largest absolute Gasteiger partial charge is 0.433 e. The monoisotopic (exact) mass is 296 g/mol. The van der Waals surface area contributed by atoms with Crippen molar-refractivity contribution in [1.29, 1.82) is 0 Å². The van der Waals surface area contributed by atoms with Gasteiger partial charge in [-0.15, -0.1) is 0 Å². The van der Waals surface area contributed by atoms with Crippen LogP contribution < -0.4 is 0 Å². The Labute approximate surface area is 108 Å². The van der Waals surface area contributed by atoms with E-state index in [2.05, 4.69) is 5.10 Å². The van der Waals surface area contributed by atoms with Crippen LogP contribution in [-0.2, 0) is 12.8 Å². The molecule has 0 aliphatic heterocycles. The molecule has 0 unspecified atom stereocenters. The fourth-order valence-corrected chi connectivity index (χ4v) is 1.66. The molecule has 1 N–H and O–H groups in total. The lowest BCUT2D eigenvalue weighted by molar-refractivity contribution is -0.143. The van der Waals surface area contributed by atoms with Crippen molar-refractivity contribution in [3.63, 3.8) is 0 Å². The average Bonchev–Trinajstić information content (AvgIpc) is 2.79. The number of halogens is 6. The molecule has 3 nitrogen and oxygen atoms in total. The molecule has 0 spiro atoms. The summed E-state index contributed by atoms with van der Waals surface area (Å²) >= 11 is 0. The molecular formula is C11H6F6N2O. The van der Waals surface area contributed by atoms with E-state index in [9.17, 15) is 26.3 Å². The highest BCUT2D eigenvalue weighted by Crippen LogP contribution is 2.34. The molecule has 108 valence electrons. The number of rotatable bonds is 2. The van der Waals surface area contributed by atoms with Crippen LogP contribution in [0.5, 0.6) is 0 Å². The third-order valence-electron chi connectivity index (χ3n) is 2.50. The Morgan fingerprint density at radius 1 is 1.10 bits per heavy atom. The number of nitrogens with zero attached hydrogens (tertiary/aromatic N) is 2. The van der Waals surface area contributed by atoms with Gasteiger partial charge in [0.05, 0.1) is 18.5 Å². The standard InChI is InChI=1S/C11H6F6N2O/c12-7-1-6(2-8(13)9(7)14)19-10(11(15,16)17)5(4-20)3-18-19/h1-3,20H,4H2. The second kappa shape index (κ2) is 4.82. The van der Waals surface area contributed by atoms with Crippen molar-refractivity contribution < 1.29 is 31.4 Å². The second-order valence-corrected chi connectivity index (χ2v) is 3.81. The smallest absolute Gasteiger partial charge is 0.392 e. The predicted octanol–water partition coefficient (Wildman–Crippen LogP) is 2.80. The molecule has 9 heteroatoms. The number of aliphatic hydroxyl groups is 1. The first-order valence-electron chi connectivity index (χ1n) is 5.15. The Kier molecular flexibility index (Phi) is 3.46. The maximum absolute atomic E-state index is 13.1. The average molecular weight is 296 g/mol. The maximum atomic E-state index is 13.1. The molecule has 0 saturated carbocycles. The Bertz CT molecular complexity index is 626. The quantitative estimate of drug-likeness (QED) is 0.683. The Morgan fingerprint density at radius 3 is 2.10 bits per heavy atom. The van der Waals surface area contributed by atoms with E-state index < -0.39 is 47.2 Å². The van der Waals surface area contributed by atoms with Crippen molar-refractivity contribution >= 4 is 0 Å². The van der Waals surface area contributed by atoms with E-state index in [0.29, 0.717) is 18.3 Å². The normalized spacial score (nSPS) is 11.9. The molecule has 0 aliphatic rings. The van der Waals surface area contributed by atoms with Gasteiger partial charge >= 0.3 is 6.18 Å². The molecular weight excluding hydrogens is 290 g/mol. The van der Waals surface area contributed by atoms with Crippen LogP contribution in [0.4, 0.5) is 26.3 Å². The Balaban J connectivity index is 2.68. The van der Waals surface area contributed by atoms with E-state index >= 15 is 0 Å². The van der Waals surface area contributed by atoms with E-state index in [4.69, 9.17) is 5.11 Å². The predicted molar refractivity (Wildman–Crippen MR) is 54.4 cm³/mol. The van der Waals surface area contributed by atoms with Gasteiger partial charge in [-0.05, 0) is 0 Å². The minimum absolute atomic E-state index is 0.192. The number of aliphatic hydroxyl groups excluding tert-OH is 1. The summed E-state index contributed by atoms with van der Waals surface area (Å²) in [5.41, 5.74) is -2.60. The first-order chi connectivity index (χ1) is 9.25. The third-order valence-corrected chi connectivity index (χ3v) is 2.50. The topological polar surface area (TPSA) is 38.1 Å². The minimum atomic E-state index is -4.91. The van der Waals surface area contributed by atoms with Gasteiger partial charge in [-0.25, -0.2) is 17.9 Å². The zero-order chi connectivity index (χ0) is 15.1. The molecule has 0 fully saturated rings. The molecule has 0 atom stereocenters. The molecule has 1 aromatic heterocycles. The van der Waals surface area contributed by atoms with E-state index in [0.717, 1.165) is 0 Å². The molecule has 0 bridgehead atoms. The van der Waals surface area contributed by atoms with Gasteiger partial charge in [-0.1, -0.05) is 0 Å². The van der Waals surface area contributed by atoms with Crippen molar-refractivity contribution in [1.82, 2.24) is 9.78 Å². The summed E-state index contributed by atoms with van der Waals surface area (Å²) in [6.45, 7) is -0.957. The lowest BCUT2D eigenvalue weighted by Crippen LogP contribution is -2.16. The van der Waals surface area contributed by atoms with Crippen LogP contribution in [0.2, 0.25) is 0 Å². The summed E-state index contributed by atoms with van der Waals surface area (Å²) in [6.07, 6.45) is -4.20. The van der Waals surface area contributed by atoms with Crippen molar-refractivity contribution in [3.8, 4) is 5.69 Å². The summed E-state index contributed by atoms with van der Waals surface area (Å²) in [4.78, 5) is 0. The zero-order valence-corrected chi connectivity index (χ0v) is 9.55. The SMILES string of the molecule is OCc1cnn(-c2cc(F)c(F)c(F)c2)c1C(F)(F)F. The summed E-state index contributed by atoms with van der Waals surface area (Å²) < 4.78 is 77.7. The molecule has 20 heavy (non-hydrogen) atoms. The van der Waals surface area contributed by atoms with Crippen LogP contribution in [0, 0.1) is 17.5 Å². The van der Waals surface area contributed by atoms with Crippen LogP contribution in [0.15, 0.2) is 18.3 Å². The first-order valence-corrected chi connectivity index (χ1v) is 5.15. The van der Waals surface area contributed by atoms with Crippen LogP contribution in [0.25, 0.3) is 5.69 Å². The van der Waals surface area contributed by atoms with Crippen molar-refractivity contribution in [3.05, 3.63) is 47.0 Å². The van der Waals surface area contributed by atoms with Gasteiger partial charge in [0.15, 0.2) is 23.1 Å². The fraction of sp³-hybridized carbons (Fsp3) is 0.182. The Morgan fingerprint density at radius 2 is 1.65 bits per heavy atom. The van der Waals surface area contributed by atoms with Gasteiger partial charge in [0, 0.05) is 17.7 Å². The molecule has 0 aliphatic carbocycles. The number of hydrogen-bond acceptors (Lipinski definition) is 2. The van der Waals surface area contributed by atoms with Gasteiger partial charge in [-0.2, -0.15) is 18.3 Å². The second-order valence-electron chi connectivity index (χ2n) is 3.81. The lowest BCUT2D eigenvalue weighted by atomic mass is 10.2. The molecule has 0 amide bonds. The molecule has 0 saturated heterocycles. The molecule has 1 heterocycles. The minimum Gasteiger partial charge on any atom is -0.392 e. The molecule has 1 aromatic carbocycles. The van der Waals surface area contributed by atoms with Gasteiger partial charge in [0.1, 0.15) is 0 Å². The van der Waals surface area contributed by atoms with E-state index in [1.807, 2.05) is 0 Å². The van der Waals surface area contributed by atoms with Gasteiger partial charge < -0.3 is 5.11 Å². The number of aromatic nitrogens is 2. The molecule has 2 aromatic rings. The van der Waals surface area contributed by atoms with Crippen molar-refractivity contribution in [2.75, 3.05) is 0 Å². The highest BCUT2D eigenvalue weighted by atomic mass is 19.4. The summed E-state index contributed by atoms with van der Waals surface area (Å²) in [7, 11) is 0. The maximum Gasteiger partial charge on any atom is 0.433 e. The zero-order valence-electron chi connectivity index (χ0n) is 9.55. The van der Waals surface area contributed by atoms with Gasteiger partial charge in [0.2, 0.25) is 0 Å². The van der Waals surface area contributed by atoms with Crippen molar-refractivity contribution in [2.24, 2.45) is 0 Å². The van der Waals surface area contributed by atoms with Crippen LogP contribution in [0.1, 0.15) is 11.3 Å². The first kappa shape index (κ1) is 14.4. The fourth-order valence-electron chi connectivity index (χ4n) is 1.66. The van der Waals surface area contributed by atoms with Crippen molar-refractivity contribution in [2.45, 2.75) is 12.8 Å². The van der Waals surface area contributed by atoms with Gasteiger partial charge in [-0.3, -0.25) is 0 Å². The van der Waals surface area contributed by atoms with Gasteiger partial charge in [0.25, 0.3) is 0 Å². The number of hydrogen-bond donors (Lipinski definition) is 1. The number of benzene rings is 1. The summed E-state index contributed by atoms with van der Waals surface area (Å²) in [5, 5.41) is 12.2. The van der Waals surface area contributed by atoms with Crippen LogP contribution in [-0.4, -0.2) is 14.9 Å². The lowest BCUT2D eigenvalue weighted by Gasteiger charge is -2.12. The van der Waals surface area contributed by atoms with Crippen LogP contribution >= 0.6 is 0 Å². The Hall–Kier alpha value is -2.03. The van der Waals surface area contributed by atoms with E-state index in [1.54, 1.807) is 0 Å². The molecule has 0 radical (unpaired) electrons. The summed E-state index contributed by atoms with van der Waals surface area (Å²) in [6, 6.07) is 0.754. The van der Waals surface area contributed by atoms with E-state index in [1.165, 1.54) is 0 Å². The molecule has 2 rings (SSSR count). The third kappa shape index (κ3) is 2.36. The highest BCUT2D eigenvalue weighted by Gasteiger charge is 2.38. The van der Waals surface area contributed by atoms with Crippen LogP contribution in [0.3, 0.4) is 0 Å².